The Bertz CT molecular complexity index is 1040. The molecule has 0 bridgehead atoms. The average Bonchev–Trinajstić information content (AvgIpc) is 3.16. The number of rotatable bonds is 7. The molecule has 7 heteroatoms. The standard InChI is InChI=1S/C24H24N3O3P/c28-27(29)20-24(17-16-21-10-4-1-5-11-21)31(30)25(22-12-6-2-7-13-22)18-19-26(31)23-14-8-3-9-15-23/h1-17,24H,18-20H2. The minimum Gasteiger partial charge on any atom is -0.304 e. The highest BCUT2D eigenvalue weighted by Gasteiger charge is 2.50. The van der Waals surface area contributed by atoms with Gasteiger partial charge in [-0.25, -0.2) is 0 Å². The van der Waals surface area contributed by atoms with E-state index in [1.807, 2.05) is 106 Å². The van der Waals surface area contributed by atoms with Crippen LogP contribution >= 0.6 is 7.44 Å². The first-order valence-electron chi connectivity index (χ1n) is 10.2. The summed E-state index contributed by atoms with van der Waals surface area (Å²) < 4.78 is 18.6. The molecule has 158 valence electrons. The second kappa shape index (κ2) is 9.19. The number of benzene rings is 3. The van der Waals surface area contributed by atoms with Gasteiger partial charge in [-0.1, -0.05) is 78.9 Å². The molecule has 4 rings (SSSR count). The molecule has 3 aromatic carbocycles. The third-order valence-corrected chi connectivity index (χ3v) is 8.85. The Labute approximate surface area is 182 Å². The Morgan fingerprint density at radius 1 is 0.839 bits per heavy atom. The molecule has 1 aliphatic rings. The molecule has 0 radical (unpaired) electrons. The number of anilines is 2. The molecule has 1 unspecified atom stereocenters. The van der Waals surface area contributed by atoms with Crippen LogP contribution in [0.5, 0.6) is 0 Å². The van der Waals surface area contributed by atoms with Gasteiger partial charge < -0.3 is 9.34 Å². The largest absolute Gasteiger partial charge is 0.304 e. The summed E-state index contributed by atoms with van der Waals surface area (Å²) >= 11 is 0. The Hall–Kier alpha value is -3.37. The maximum Gasteiger partial charge on any atom is 0.276 e. The van der Waals surface area contributed by atoms with Crippen molar-refractivity contribution in [3.63, 3.8) is 0 Å². The summed E-state index contributed by atoms with van der Waals surface area (Å²) in [5.41, 5.74) is 1.77. The zero-order valence-electron chi connectivity index (χ0n) is 17.0. The van der Waals surface area contributed by atoms with Crippen LogP contribution in [0, 0.1) is 10.1 Å². The van der Waals surface area contributed by atoms with Gasteiger partial charge in [-0.05, 0) is 29.8 Å². The summed E-state index contributed by atoms with van der Waals surface area (Å²) in [4.78, 5) is 11.2. The van der Waals surface area contributed by atoms with E-state index in [1.165, 1.54) is 0 Å². The van der Waals surface area contributed by atoms with E-state index in [1.54, 1.807) is 6.08 Å². The molecule has 1 atom stereocenters. The van der Waals surface area contributed by atoms with Crippen LogP contribution in [-0.2, 0) is 4.57 Å². The summed E-state index contributed by atoms with van der Waals surface area (Å²) in [5.74, 6) is 0. The van der Waals surface area contributed by atoms with Crippen molar-refractivity contribution in [3.8, 4) is 0 Å². The van der Waals surface area contributed by atoms with E-state index < -0.39 is 19.6 Å². The Balaban J connectivity index is 1.81. The maximum absolute atomic E-state index is 14.8. The first-order valence-corrected chi connectivity index (χ1v) is 11.9. The molecular weight excluding hydrogens is 409 g/mol. The topological polar surface area (TPSA) is 66.7 Å². The van der Waals surface area contributed by atoms with Crippen LogP contribution in [0.3, 0.4) is 0 Å². The van der Waals surface area contributed by atoms with E-state index in [0.29, 0.717) is 13.1 Å². The van der Waals surface area contributed by atoms with Gasteiger partial charge in [0.05, 0.1) is 0 Å². The van der Waals surface area contributed by atoms with Crippen molar-refractivity contribution >= 4 is 24.9 Å². The first-order chi connectivity index (χ1) is 15.1. The van der Waals surface area contributed by atoms with E-state index in [9.17, 15) is 14.7 Å². The first kappa shape index (κ1) is 20.9. The van der Waals surface area contributed by atoms with Crippen LogP contribution in [-0.4, -0.2) is 30.2 Å². The minimum atomic E-state index is -3.40. The lowest BCUT2D eigenvalue weighted by molar-refractivity contribution is -0.477. The van der Waals surface area contributed by atoms with Gasteiger partial charge in [0.25, 0.3) is 7.44 Å². The highest BCUT2D eigenvalue weighted by Crippen LogP contribution is 2.63. The molecule has 6 nitrogen and oxygen atoms in total. The van der Waals surface area contributed by atoms with Crippen molar-refractivity contribution in [1.29, 1.82) is 0 Å². The lowest BCUT2D eigenvalue weighted by atomic mass is 10.2. The fourth-order valence-electron chi connectivity index (χ4n) is 3.97. The van der Waals surface area contributed by atoms with E-state index in [-0.39, 0.29) is 4.92 Å². The van der Waals surface area contributed by atoms with Crippen molar-refractivity contribution in [2.45, 2.75) is 5.66 Å². The second-order valence-corrected chi connectivity index (χ2v) is 10.2. The SMILES string of the molecule is O=[N+]([O-])CC(C=Cc1ccccc1)P1(=O)N(c2ccccc2)CCN1c1ccccc1. The van der Waals surface area contributed by atoms with E-state index in [4.69, 9.17) is 0 Å². The molecule has 0 saturated carbocycles. The molecule has 0 aromatic heterocycles. The van der Waals surface area contributed by atoms with Gasteiger partial charge in [0.15, 0.2) is 0 Å². The van der Waals surface area contributed by atoms with Crippen LogP contribution in [0.2, 0.25) is 0 Å². The molecule has 0 amide bonds. The molecular formula is C24H24N3O3P. The summed E-state index contributed by atoms with van der Waals surface area (Å²) in [6, 6.07) is 28.6. The smallest absolute Gasteiger partial charge is 0.276 e. The van der Waals surface area contributed by atoms with Crippen molar-refractivity contribution in [1.82, 2.24) is 0 Å². The summed E-state index contributed by atoms with van der Waals surface area (Å²) in [6.07, 6.45) is 3.58. The van der Waals surface area contributed by atoms with Crippen LogP contribution in [0.25, 0.3) is 6.08 Å². The fourth-order valence-corrected chi connectivity index (χ4v) is 7.29. The molecule has 31 heavy (non-hydrogen) atoms. The number of hydrogen-bond acceptors (Lipinski definition) is 3. The molecule has 1 aliphatic heterocycles. The van der Waals surface area contributed by atoms with Gasteiger partial charge in [0.1, 0.15) is 5.66 Å². The maximum atomic E-state index is 14.8. The normalized spacial score (nSPS) is 16.5. The predicted molar refractivity (Wildman–Crippen MR) is 126 cm³/mol. The Morgan fingerprint density at radius 2 is 1.29 bits per heavy atom. The molecule has 1 fully saturated rings. The lowest BCUT2D eigenvalue weighted by Crippen LogP contribution is -2.31. The fraction of sp³-hybridized carbons (Fsp3) is 0.167. The number of nitrogens with zero attached hydrogens (tertiary/aromatic N) is 3. The molecule has 1 heterocycles. The van der Waals surface area contributed by atoms with Gasteiger partial charge in [-0.15, -0.1) is 0 Å². The number of hydrogen-bond donors (Lipinski definition) is 0. The quantitative estimate of drug-likeness (QED) is 0.277. The van der Waals surface area contributed by atoms with Gasteiger partial charge in [0.2, 0.25) is 6.54 Å². The highest BCUT2D eigenvalue weighted by molar-refractivity contribution is 7.68. The highest BCUT2D eigenvalue weighted by atomic mass is 31.2. The van der Waals surface area contributed by atoms with E-state index in [2.05, 4.69) is 0 Å². The van der Waals surface area contributed by atoms with Gasteiger partial charge in [-0.3, -0.25) is 14.7 Å². The molecule has 0 spiro atoms. The van der Waals surface area contributed by atoms with Crippen molar-refractivity contribution < 1.29 is 9.49 Å². The van der Waals surface area contributed by atoms with Crippen molar-refractivity contribution in [2.24, 2.45) is 0 Å². The van der Waals surface area contributed by atoms with Crippen LogP contribution in [0.4, 0.5) is 11.4 Å². The number of para-hydroxylation sites is 2. The zero-order chi connectivity index (χ0) is 21.7. The monoisotopic (exact) mass is 433 g/mol. The van der Waals surface area contributed by atoms with Crippen LogP contribution in [0.1, 0.15) is 5.56 Å². The molecule has 0 N–H and O–H groups in total. The van der Waals surface area contributed by atoms with E-state index >= 15 is 0 Å². The Morgan fingerprint density at radius 3 is 1.74 bits per heavy atom. The second-order valence-electron chi connectivity index (χ2n) is 7.36. The summed E-state index contributed by atoms with van der Waals surface area (Å²) in [6.45, 7) is 0.653. The molecule has 3 aromatic rings. The van der Waals surface area contributed by atoms with Crippen LogP contribution in [0.15, 0.2) is 97.1 Å². The lowest BCUT2D eigenvalue weighted by Gasteiger charge is -2.35. The van der Waals surface area contributed by atoms with Crippen LogP contribution < -0.4 is 9.34 Å². The minimum absolute atomic E-state index is 0.371. The molecule has 0 aliphatic carbocycles. The van der Waals surface area contributed by atoms with Crippen molar-refractivity contribution in [3.05, 3.63) is 113 Å². The summed E-state index contributed by atoms with van der Waals surface area (Å²) in [5, 5.41) is 11.6. The third kappa shape index (κ3) is 4.39. The van der Waals surface area contributed by atoms with E-state index in [0.717, 1.165) is 16.9 Å². The summed E-state index contributed by atoms with van der Waals surface area (Å²) in [7, 11) is -3.40. The molecule has 1 saturated heterocycles. The third-order valence-electron chi connectivity index (χ3n) is 5.40. The predicted octanol–water partition coefficient (Wildman–Crippen LogP) is 5.57. The van der Waals surface area contributed by atoms with Crippen molar-refractivity contribution in [2.75, 3.05) is 29.0 Å². The Kier molecular flexibility index (Phi) is 6.19. The van der Waals surface area contributed by atoms with Gasteiger partial charge >= 0.3 is 0 Å². The van der Waals surface area contributed by atoms with Gasteiger partial charge in [-0.2, -0.15) is 0 Å². The number of nitro groups is 1. The van der Waals surface area contributed by atoms with Gasteiger partial charge in [0, 0.05) is 29.4 Å². The average molecular weight is 433 g/mol. The zero-order valence-corrected chi connectivity index (χ0v) is 17.9.